The molecule has 0 bridgehead atoms. The fourth-order valence-electron chi connectivity index (χ4n) is 18.3. The molecular formula is C105H66N4O. The van der Waals surface area contributed by atoms with E-state index in [1.807, 2.05) is 6.07 Å². The van der Waals surface area contributed by atoms with E-state index in [0.717, 1.165) is 45.1 Å². The first-order valence-corrected chi connectivity index (χ1v) is 38.0. The first-order valence-electron chi connectivity index (χ1n) is 38.0. The summed E-state index contributed by atoms with van der Waals surface area (Å²) in [6, 6.07) is 142. The Balaban J connectivity index is 0.000000132. The normalized spacial score (nSPS) is 12.1. The highest BCUT2D eigenvalue weighted by molar-refractivity contribution is 6.23. The molecule has 0 N–H and O–H groups in total. The van der Waals surface area contributed by atoms with Gasteiger partial charge >= 0.3 is 0 Å². The maximum atomic E-state index is 6.72. The summed E-state index contributed by atoms with van der Waals surface area (Å²) < 4.78 is 16.4. The average Bonchev–Trinajstić information content (AvgIpc) is 1.57. The molecule has 23 aromatic rings. The Morgan fingerprint density at radius 2 is 0.618 bits per heavy atom. The minimum Gasteiger partial charge on any atom is -0.454 e. The number of rotatable bonds is 8. The first kappa shape index (κ1) is 61.8. The maximum absolute atomic E-state index is 6.72. The molecule has 0 radical (unpaired) electrons. The molecule has 0 aliphatic heterocycles. The highest BCUT2D eigenvalue weighted by Crippen LogP contribution is 2.48. The molecule has 1 aliphatic carbocycles. The van der Waals surface area contributed by atoms with E-state index in [1.165, 1.54) is 182 Å². The summed E-state index contributed by atoms with van der Waals surface area (Å²) in [6.07, 6.45) is 0.941. The van der Waals surface area contributed by atoms with Crippen molar-refractivity contribution in [2.75, 3.05) is 0 Å². The largest absolute Gasteiger partial charge is 0.454 e. The van der Waals surface area contributed by atoms with Crippen LogP contribution in [0.3, 0.4) is 0 Å². The van der Waals surface area contributed by atoms with Gasteiger partial charge in [-0.05, 0) is 222 Å². The van der Waals surface area contributed by atoms with Gasteiger partial charge in [-0.3, -0.25) is 0 Å². The molecule has 5 heteroatoms. The molecule has 5 aromatic heterocycles. The van der Waals surface area contributed by atoms with Gasteiger partial charge in [0, 0.05) is 76.6 Å². The fraction of sp³-hybridized carbons (Fsp3) is 0.00952. The number of aromatic nitrogens is 4. The average molecular weight is 1400 g/mol. The lowest BCUT2D eigenvalue weighted by Crippen LogP contribution is -1.95. The Labute approximate surface area is 633 Å². The predicted molar refractivity (Wildman–Crippen MR) is 463 cm³/mol. The third kappa shape index (κ3) is 9.67. The van der Waals surface area contributed by atoms with Crippen molar-refractivity contribution in [1.82, 2.24) is 18.3 Å². The molecule has 0 saturated carbocycles. The van der Waals surface area contributed by atoms with Gasteiger partial charge in [0.2, 0.25) is 0 Å². The van der Waals surface area contributed by atoms with E-state index >= 15 is 0 Å². The van der Waals surface area contributed by atoms with Crippen molar-refractivity contribution in [1.29, 1.82) is 0 Å². The second kappa shape index (κ2) is 24.5. The molecule has 512 valence electrons. The van der Waals surface area contributed by atoms with Gasteiger partial charge < -0.3 is 22.7 Å². The Hall–Kier alpha value is -14.5. The van der Waals surface area contributed by atoms with Crippen LogP contribution in [-0.4, -0.2) is 18.3 Å². The number of fused-ring (bicyclic) bond motifs is 22. The van der Waals surface area contributed by atoms with E-state index in [9.17, 15) is 0 Å². The summed E-state index contributed by atoms with van der Waals surface area (Å²) in [5.41, 5.74) is 31.1. The summed E-state index contributed by atoms with van der Waals surface area (Å²) in [6.45, 7) is 0. The van der Waals surface area contributed by atoms with E-state index < -0.39 is 0 Å². The van der Waals surface area contributed by atoms with Gasteiger partial charge in [0.05, 0.1) is 44.1 Å². The SMILES string of the molecule is c1ccc(-c2cccc(-n3c4ccc(-c5ccc6c(c5)c5ccccc5n6-c5ccc6ccccc6c5)cc4c4c5c(ccc43)-c3ccccc3C5)c2)cc1.c1ccc(-c2cccc(-n3c4ccc(-c5ccc6c(c5)c5ccccc5n6-c5ccc6ccccc6c5)cc4c4ccc5c6ccccc6oc5c43)c2)cc1. The summed E-state index contributed by atoms with van der Waals surface area (Å²) >= 11 is 0. The van der Waals surface area contributed by atoms with Crippen LogP contribution in [0.2, 0.25) is 0 Å². The molecule has 0 spiro atoms. The Bertz CT molecular complexity index is 7750. The smallest absolute Gasteiger partial charge is 0.160 e. The molecule has 5 heterocycles. The number of nitrogens with zero attached hydrogens (tertiary/aromatic N) is 4. The molecule has 18 aromatic carbocycles. The molecule has 24 rings (SSSR count). The third-order valence-corrected chi connectivity index (χ3v) is 23.4. The van der Waals surface area contributed by atoms with Gasteiger partial charge in [-0.15, -0.1) is 0 Å². The number of hydrogen-bond donors (Lipinski definition) is 0. The second-order valence-corrected chi connectivity index (χ2v) is 29.5. The number of benzene rings is 18. The Morgan fingerprint density at radius 1 is 0.209 bits per heavy atom. The zero-order valence-corrected chi connectivity index (χ0v) is 59.9. The maximum Gasteiger partial charge on any atom is 0.160 e. The van der Waals surface area contributed by atoms with Crippen LogP contribution in [0.4, 0.5) is 0 Å². The standard InChI is InChI=1S/C53H34N2.C52H32N2O/c1-2-11-34(12-3-1)37-16-10-17-41(29-37)55-51-27-23-39(32-48(51)53-47-33-40-15-6-7-18-43(40)44(47)25-28-52(53)55)38-22-26-50-46(31-38)45-19-8-9-20-49(45)54(50)42-24-21-35-13-4-5-14-36(35)30-42;1-2-11-33(12-3-1)36-15-10-16-39(29-36)54-49-28-23-38(32-46(49)43-25-26-44-42-18-7-9-20-50(42)55-52(44)51(43)54)37-22-27-48-45(31-37)41-17-6-8-19-47(41)53(48)40-24-21-34-13-4-5-14-35(34)30-40/h1-32H,33H2;1-32H. The van der Waals surface area contributed by atoms with Crippen LogP contribution < -0.4 is 0 Å². The Kier molecular flexibility index (Phi) is 13.8. The van der Waals surface area contributed by atoms with Gasteiger partial charge in [0.25, 0.3) is 0 Å². The van der Waals surface area contributed by atoms with E-state index in [0.29, 0.717) is 0 Å². The summed E-state index contributed by atoms with van der Waals surface area (Å²) in [5, 5.41) is 17.3. The van der Waals surface area contributed by atoms with Crippen LogP contribution in [0, 0.1) is 0 Å². The second-order valence-electron chi connectivity index (χ2n) is 29.5. The fourth-order valence-corrected chi connectivity index (χ4v) is 18.3. The molecule has 110 heavy (non-hydrogen) atoms. The van der Waals surface area contributed by atoms with Gasteiger partial charge in [-0.25, -0.2) is 0 Å². The lowest BCUT2D eigenvalue weighted by molar-refractivity contribution is 0.671. The number of hydrogen-bond acceptors (Lipinski definition) is 1. The van der Waals surface area contributed by atoms with Gasteiger partial charge in [-0.2, -0.15) is 0 Å². The Morgan fingerprint density at radius 3 is 1.21 bits per heavy atom. The van der Waals surface area contributed by atoms with Crippen molar-refractivity contribution in [2.45, 2.75) is 6.42 Å². The molecular weight excluding hydrogens is 1330 g/mol. The molecule has 0 atom stereocenters. The zero-order valence-electron chi connectivity index (χ0n) is 59.9. The van der Waals surface area contributed by atoms with Crippen molar-refractivity contribution >= 4 is 131 Å². The van der Waals surface area contributed by atoms with Crippen LogP contribution in [0.1, 0.15) is 11.1 Å². The minimum absolute atomic E-state index is 0.900. The van der Waals surface area contributed by atoms with E-state index in [2.05, 4.69) is 400 Å². The van der Waals surface area contributed by atoms with Crippen LogP contribution in [0.15, 0.2) is 393 Å². The van der Waals surface area contributed by atoms with Crippen molar-refractivity contribution in [3.05, 3.63) is 399 Å². The summed E-state index contributed by atoms with van der Waals surface area (Å²) in [5.74, 6) is 0. The third-order valence-electron chi connectivity index (χ3n) is 23.4. The number of furan rings is 1. The molecule has 0 amide bonds. The van der Waals surface area contributed by atoms with Crippen LogP contribution >= 0.6 is 0 Å². The van der Waals surface area contributed by atoms with Crippen molar-refractivity contribution < 1.29 is 4.42 Å². The van der Waals surface area contributed by atoms with Crippen LogP contribution in [0.5, 0.6) is 0 Å². The molecule has 0 unspecified atom stereocenters. The van der Waals surface area contributed by atoms with E-state index in [1.54, 1.807) is 0 Å². The first-order chi connectivity index (χ1) is 54.5. The summed E-state index contributed by atoms with van der Waals surface area (Å²) in [7, 11) is 0. The molecule has 1 aliphatic rings. The van der Waals surface area contributed by atoms with Crippen molar-refractivity contribution in [2.24, 2.45) is 0 Å². The summed E-state index contributed by atoms with van der Waals surface area (Å²) in [4.78, 5) is 0. The monoisotopic (exact) mass is 1400 g/mol. The minimum atomic E-state index is 0.900. The van der Waals surface area contributed by atoms with Gasteiger partial charge in [0.1, 0.15) is 5.58 Å². The lowest BCUT2D eigenvalue weighted by Gasteiger charge is -2.11. The molecule has 5 nitrogen and oxygen atoms in total. The van der Waals surface area contributed by atoms with Crippen molar-refractivity contribution in [3.8, 4) is 78.4 Å². The topological polar surface area (TPSA) is 32.9 Å². The van der Waals surface area contributed by atoms with E-state index in [-0.39, 0.29) is 0 Å². The predicted octanol–water partition coefficient (Wildman–Crippen LogP) is 28.2. The van der Waals surface area contributed by atoms with Crippen LogP contribution in [-0.2, 0) is 6.42 Å². The van der Waals surface area contributed by atoms with Gasteiger partial charge in [0.15, 0.2) is 5.58 Å². The lowest BCUT2D eigenvalue weighted by atomic mass is 9.97. The van der Waals surface area contributed by atoms with Gasteiger partial charge in [-0.1, -0.05) is 261 Å². The molecule has 0 fully saturated rings. The quantitative estimate of drug-likeness (QED) is 0.149. The zero-order chi connectivity index (χ0) is 72.1. The number of para-hydroxylation sites is 3. The van der Waals surface area contributed by atoms with Crippen LogP contribution in [0.25, 0.3) is 209 Å². The highest BCUT2D eigenvalue weighted by Gasteiger charge is 2.27. The highest BCUT2D eigenvalue weighted by atomic mass is 16.3. The molecule has 0 saturated heterocycles. The van der Waals surface area contributed by atoms with E-state index in [4.69, 9.17) is 4.42 Å². The van der Waals surface area contributed by atoms with Crippen molar-refractivity contribution in [3.63, 3.8) is 0 Å².